The molecule has 1 saturated heterocycles. The Labute approximate surface area is 147 Å². The zero-order valence-corrected chi connectivity index (χ0v) is 14.4. The molecule has 0 aliphatic carbocycles. The molecule has 6 heteroatoms. The molecule has 2 aromatic heterocycles. The van der Waals surface area contributed by atoms with Crippen molar-refractivity contribution in [2.45, 2.75) is 13.5 Å². The van der Waals surface area contributed by atoms with Crippen LogP contribution in [0.1, 0.15) is 11.1 Å². The van der Waals surface area contributed by atoms with Gasteiger partial charge < -0.3 is 15.5 Å². The van der Waals surface area contributed by atoms with Crippen LogP contribution in [-0.2, 0) is 6.54 Å². The van der Waals surface area contributed by atoms with E-state index >= 15 is 0 Å². The number of benzene rings is 1. The van der Waals surface area contributed by atoms with Gasteiger partial charge in [0.15, 0.2) is 0 Å². The van der Waals surface area contributed by atoms with Crippen molar-refractivity contribution in [2.24, 2.45) is 0 Å². The maximum Gasteiger partial charge on any atom is 0.0890 e. The highest BCUT2D eigenvalue weighted by Crippen LogP contribution is 2.26. The molecule has 4 rings (SSSR count). The minimum Gasteiger partial charge on any atom is -0.378 e. The lowest BCUT2D eigenvalue weighted by atomic mass is 10.1. The van der Waals surface area contributed by atoms with Crippen LogP contribution in [0.4, 0.5) is 11.4 Å². The number of hydrogen-bond acceptors (Lipinski definition) is 6. The Bertz CT molecular complexity index is 873. The summed E-state index contributed by atoms with van der Waals surface area (Å²) in [7, 11) is 0. The number of aryl methyl sites for hydroxylation is 1. The van der Waals surface area contributed by atoms with E-state index in [1.54, 1.807) is 12.4 Å². The van der Waals surface area contributed by atoms with Crippen LogP contribution < -0.4 is 15.5 Å². The molecule has 1 aromatic carbocycles. The summed E-state index contributed by atoms with van der Waals surface area (Å²) in [4.78, 5) is 15.5. The molecule has 25 heavy (non-hydrogen) atoms. The fourth-order valence-corrected chi connectivity index (χ4v) is 3.24. The first-order valence-electron chi connectivity index (χ1n) is 8.65. The minimum absolute atomic E-state index is 0.739. The van der Waals surface area contributed by atoms with Crippen molar-refractivity contribution >= 4 is 22.4 Å². The summed E-state index contributed by atoms with van der Waals surface area (Å²) >= 11 is 0. The molecule has 0 bridgehead atoms. The van der Waals surface area contributed by atoms with Crippen molar-refractivity contribution in [2.75, 3.05) is 36.4 Å². The molecule has 0 spiro atoms. The van der Waals surface area contributed by atoms with E-state index in [1.165, 1.54) is 16.8 Å². The van der Waals surface area contributed by atoms with Crippen LogP contribution in [0, 0.1) is 6.92 Å². The Morgan fingerprint density at radius 3 is 2.64 bits per heavy atom. The molecule has 3 aromatic rings. The molecule has 2 N–H and O–H groups in total. The minimum atomic E-state index is 0.739. The van der Waals surface area contributed by atoms with Gasteiger partial charge >= 0.3 is 0 Å². The number of piperazine rings is 1. The van der Waals surface area contributed by atoms with Gasteiger partial charge in [0, 0.05) is 51.3 Å². The van der Waals surface area contributed by atoms with E-state index in [9.17, 15) is 0 Å². The average molecular weight is 334 g/mol. The van der Waals surface area contributed by atoms with E-state index in [1.807, 2.05) is 12.4 Å². The third-order valence-corrected chi connectivity index (χ3v) is 4.65. The molecule has 0 unspecified atom stereocenters. The first-order chi connectivity index (χ1) is 12.3. The van der Waals surface area contributed by atoms with Crippen molar-refractivity contribution in [3.63, 3.8) is 0 Å². The van der Waals surface area contributed by atoms with Crippen LogP contribution >= 0.6 is 0 Å². The first-order valence-corrected chi connectivity index (χ1v) is 8.65. The normalized spacial score (nSPS) is 14.7. The SMILES string of the molecule is Cc1cc2nccnc2cc1CNc1cnccc1N1CCNCC1. The lowest BCUT2D eigenvalue weighted by Crippen LogP contribution is -2.43. The highest BCUT2D eigenvalue weighted by atomic mass is 15.2. The molecule has 1 aliphatic rings. The number of aromatic nitrogens is 3. The number of pyridine rings is 1. The quantitative estimate of drug-likeness (QED) is 0.763. The van der Waals surface area contributed by atoms with Gasteiger partial charge in [0.05, 0.1) is 28.6 Å². The second-order valence-electron chi connectivity index (χ2n) is 6.31. The second kappa shape index (κ2) is 7.03. The predicted octanol–water partition coefficient (Wildman–Crippen LogP) is 2.35. The fraction of sp³-hybridized carbons (Fsp3) is 0.316. The largest absolute Gasteiger partial charge is 0.378 e. The van der Waals surface area contributed by atoms with Crippen molar-refractivity contribution in [3.05, 3.63) is 54.1 Å². The standard InChI is InChI=1S/C19H22N6/c1-14-10-16-17(23-5-4-22-16)11-15(14)12-24-18-13-21-3-2-19(18)25-8-6-20-7-9-25/h2-5,10-11,13,20,24H,6-9,12H2,1H3. The molecular formula is C19H22N6. The van der Waals surface area contributed by atoms with Gasteiger partial charge in [0.25, 0.3) is 0 Å². The molecule has 3 heterocycles. The maximum atomic E-state index is 4.41. The summed E-state index contributed by atoms with van der Waals surface area (Å²) in [6, 6.07) is 6.30. The average Bonchev–Trinajstić information content (AvgIpc) is 2.67. The summed E-state index contributed by atoms with van der Waals surface area (Å²) < 4.78 is 0. The third kappa shape index (κ3) is 3.39. The van der Waals surface area contributed by atoms with E-state index in [0.29, 0.717) is 0 Å². The fourth-order valence-electron chi connectivity index (χ4n) is 3.24. The monoisotopic (exact) mass is 334 g/mol. The van der Waals surface area contributed by atoms with Crippen LogP contribution in [0.2, 0.25) is 0 Å². The molecule has 0 atom stereocenters. The van der Waals surface area contributed by atoms with E-state index in [2.05, 4.69) is 55.6 Å². The molecular weight excluding hydrogens is 312 g/mol. The van der Waals surface area contributed by atoms with Crippen LogP contribution in [-0.4, -0.2) is 41.1 Å². The van der Waals surface area contributed by atoms with Gasteiger partial charge in [-0.15, -0.1) is 0 Å². The number of anilines is 2. The molecule has 6 nitrogen and oxygen atoms in total. The van der Waals surface area contributed by atoms with Gasteiger partial charge in [-0.05, 0) is 36.2 Å². The van der Waals surface area contributed by atoms with Crippen LogP contribution in [0.15, 0.2) is 43.0 Å². The lowest BCUT2D eigenvalue weighted by Gasteiger charge is -2.31. The number of nitrogens with one attached hydrogen (secondary N) is 2. The van der Waals surface area contributed by atoms with Gasteiger partial charge in [-0.2, -0.15) is 0 Å². The Balaban J connectivity index is 1.56. The van der Waals surface area contributed by atoms with Crippen molar-refractivity contribution in [1.82, 2.24) is 20.3 Å². The zero-order chi connectivity index (χ0) is 17.1. The van der Waals surface area contributed by atoms with Gasteiger partial charge in [-0.1, -0.05) is 0 Å². The smallest absolute Gasteiger partial charge is 0.0890 e. The number of fused-ring (bicyclic) bond motifs is 1. The summed E-state index contributed by atoms with van der Waals surface area (Å²) in [5.74, 6) is 0. The molecule has 0 amide bonds. The van der Waals surface area contributed by atoms with Gasteiger partial charge in [0.1, 0.15) is 0 Å². The van der Waals surface area contributed by atoms with Crippen LogP contribution in [0.3, 0.4) is 0 Å². The van der Waals surface area contributed by atoms with Gasteiger partial charge in [-0.3, -0.25) is 15.0 Å². The highest BCUT2D eigenvalue weighted by molar-refractivity contribution is 5.76. The van der Waals surface area contributed by atoms with E-state index in [-0.39, 0.29) is 0 Å². The Morgan fingerprint density at radius 2 is 1.84 bits per heavy atom. The topological polar surface area (TPSA) is 66.0 Å². The number of rotatable bonds is 4. The molecule has 1 aliphatic heterocycles. The number of nitrogens with zero attached hydrogens (tertiary/aromatic N) is 4. The van der Waals surface area contributed by atoms with E-state index in [4.69, 9.17) is 0 Å². The first kappa shape index (κ1) is 15.8. The van der Waals surface area contributed by atoms with Gasteiger partial charge in [-0.25, -0.2) is 0 Å². The van der Waals surface area contributed by atoms with Gasteiger partial charge in [0.2, 0.25) is 0 Å². The van der Waals surface area contributed by atoms with Crippen molar-refractivity contribution < 1.29 is 0 Å². The predicted molar refractivity (Wildman–Crippen MR) is 101 cm³/mol. The summed E-state index contributed by atoms with van der Waals surface area (Å²) in [5.41, 5.74) is 6.60. The summed E-state index contributed by atoms with van der Waals surface area (Å²) in [6.45, 7) is 6.93. The third-order valence-electron chi connectivity index (χ3n) is 4.65. The van der Waals surface area contributed by atoms with Crippen molar-refractivity contribution in [3.8, 4) is 0 Å². The Hall–Kier alpha value is -2.73. The molecule has 0 saturated carbocycles. The molecule has 1 fully saturated rings. The van der Waals surface area contributed by atoms with Crippen LogP contribution in [0.5, 0.6) is 0 Å². The summed E-state index contributed by atoms with van der Waals surface area (Å²) in [5, 5.41) is 6.96. The molecule has 128 valence electrons. The summed E-state index contributed by atoms with van der Waals surface area (Å²) in [6.07, 6.45) is 7.24. The second-order valence-corrected chi connectivity index (χ2v) is 6.31. The van der Waals surface area contributed by atoms with E-state index < -0.39 is 0 Å². The highest BCUT2D eigenvalue weighted by Gasteiger charge is 2.14. The molecule has 0 radical (unpaired) electrons. The Kier molecular flexibility index (Phi) is 4.43. The Morgan fingerprint density at radius 1 is 1.08 bits per heavy atom. The van der Waals surface area contributed by atoms with Crippen molar-refractivity contribution in [1.29, 1.82) is 0 Å². The lowest BCUT2D eigenvalue weighted by molar-refractivity contribution is 0.589. The van der Waals surface area contributed by atoms with E-state index in [0.717, 1.165) is 49.4 Å². The zero-order valence-electron chi connectivity index (χ0n) is 14.4. The maximum absolute atomic E-state index is 4.41. The number of hydrogen-bond donors (Lipinski definition) is 2. The van der Waals surface area contributed by atoms with Crippen LogP contribution in [0.25, 0.3) is 11.0 Å².